The second kappa shape index (κ2) is 10.6. The van der Waals surface area contributed by atoms with Crippen molar-refractivity contribution < 1.29 is 13.2 Å². The first kappa shape index (κ1) is 22.4. The molecule has 3 rings (SSSR count). The summed E-state index contributed by atoms with van der Waals surface area (Å²) in [6, 6.07) is 7.17. The van der Waals surface area contributed by atoms with E-state index < -0.39 is 10.0 Å². The normalized spacial score (nSPS) is 17.0. The smallest absolute Gasteiger partial charge is 0.273 e. The van der Waals surface area contributed by atoms with Gasteiger partial charge in [0.2, 0.25) is 10.0 Å². The quantitative estimate of drug-likeness (QED) is 0.484. The molecule has 0 bridgehead atoms. The zero-order chi connectivity index (χ0) is 21.4. The Morgan fingerprint density at radius 1 is 1.23 bits per heavy atom. The lowest BCUT2D eigenvalue weighted by atomic mass is 10.0. The third kappa shape index (κ3) is 6.61. The Morgan fingerprint density at radius 2 is 2.03 bits per heavy atom. The third-order valence-electron chi connectivity index (χ3n) is 5.15. The van der Waals surface area contributed by atoms with Crippen LogP contribution in [0.15, 0.2) is 35.4 Å². The number of benzene rings is 1. The lowest BCUT2D eigenvalue weighted by molar-refractivity contribution is 0.0948. The summed E-state index contributed by atoms with van der Waals surface area (Å²) in [6.45, 7) is 4.26. The van der Waals surface area contributed by atoms with Crippen molar-refractivity contribution in [3.05, 3.63) is 41.7 Å². The highest BCUT2D eigenvalue weighted by Crippen LogP contribution is 2.11. The van der Waals surface area contributed by atoms with E-state index in [0.717, 1.165) is 25.1 Å². The maximum Gasteiger partial charge on any atom is 0.273 e. The molecule has 0 saturated carbocycles. The molecule has 1 fully saturated rings. The molecule has 1 unspecified atom stereocenters. The SMILES string of the molecule is Cc1ccc(S(=O)(=O)NCCCNC(=O)c2cn(CCC3CCCCN3)nn2)cc1. The zero-order valence-electron chi connectivity index (χ0n) is 17.3. The van der Waals surface area contributed by atoms with Crippen LogP contribution in [0.25, 0.3) is 0 Å². The topological polar surface area (TPSA) is 118 Å². The van der Waals surface area contributed by atoms with E-state index in [0.29, 0.717) is 19.0 Å². The van der Waals surface area contributed by atoms with Gasteiger partial charge in [0.1, 0.15) is 0 Å². The van der Waals surface area contributed by atoms with Crippen LogP contribution in [-0.2, 0) is 16.6 Å². The maximum absolute atomic E-state index is 12.2. The van der Waals surface area contributed by atoms with E-state index in [2.05, 4.69) is 25.7 Å². The first-order chi connectivity index (χ1) is 14.4. The fourth-order valence-corrected chi connectivity index (χ4v) is 4.43. The van der Waals surface area contributed by atoms with Gasteiger partial charge in [-0.2, -0.15) is 0 Å². The van der Waals surface area contributed by atoms with Crippen LogP contribution in [0.2, 0.25) is 0 Å². The van der Waals surface area contributed by atoms with Gasteiger partial charge in [-0.1, -0.05) is 29.3 Å². The van der Waals surface area contributed by atoms with E-state index in [9.17, 15) is 13.2 Å². The van der Waals surface area contributed by atoms with Crippen molar-refractivity contribution in [1.29, 1.82) is 0 Å². The van der Waals surface area contributed by atoms with Gasteiger partial charge in [0.05, 0.1) is 11.1 Å². The monoisotopic (exact) mass is 434 g/mol. The van der Waals surface area contributed by atoms with E-state index in [-0.39, 0.29) is 23.0 Å². The summed E-state index contributed by atoms with van der Waals surface area (Å²) < 4.78 is 28.7. The minimum absolute atomic E-state index is 0.233. The molecular weight excluding hydrogens is 404 g/mol. The molecular formula is C20H30N6O3S. The van der Waals surface area contributed by atoms with Crippen molar-refractivity contribution >= 4 is 15.9 Å². The molecule has 1 aromatic heterocycles. The number of nitrogens with zero attached hydrogens (tertiary/aromatic N) is 3. The van der Waals surface area contributed by atoms with Gasteiger partial charge in [-0.15, -0.1) is 5.10 Å². The predicted molar refractivity (Wildman–Crippen MR) is 114 cm³/mol. The number of sulfonamides is 1. The zero-order valence-corrected chi connectivity index (χ0v) is 18.1. The Balaban J connectivity index is 1.35. The van der Waals surface area contributed by atoms with Gasteiger partial charge in [-0.05, 0) is 51.3 Å². The van der Waals surface area contributed by atoms with Crippen molar-refractivity contribution in [3.8, 4) is 0 Å². The van der Waals surface area contributed by atoms with Crippen molar-refractivity contribution in [1.82, 2.24) is 30.3 Å². The predicted octanol–water partition coefficient (Wildman–Crippen LogP) is 1.22. The molecule has 2 aromatic rings. The van der Waals surface area contributed by atoms with Gasteiger partial charge < -0.3 is 10.6 Å². The Kier molecular flexibility index (Phi) is 7.94. The molecule has 30 heavy (non-hydrogen) atoms. The third-order valence-corrected chi connectivity index (χ3v) is 6.63. The summed E-state index contributed by atoms with van der Waals surface area (Å²) in [7, 11) is -3.54. The average molecular weight is 435 g/mol. The molecule has 0 aliphatic carbocycles. The summed E-state index contributed by atoms with van der Waals surface area (Å²) in [5.41, 5.74) is 1.27. The lowest BCUT2D eigenvalue weighted by Crippen LogP contribution is -2.34. The van der Waals surface area contributed by atoms with Crippen LogP contribution in [0.1, 0.15) is 48.2 Å². The summed E-state index contributed by atoms with van der Waals surface area (Å²) in [6.07, 6.45) is 6.75. The molecule has 0 radical (unpaired) electrons. The fraction of sp³-hybridized carbons (Fsp3) is 0.550. The highest BCUT2D eigenvalue weighted by Gasteiger charge is 2.15. The van der Waals surface area contributed by atoms with Crippen molar-refractivity contribution in [2.45, 2.75) is 56.5 Å². The Labute approximate surface area is 177 Å². The highest BCUT2D eigenvalue weighted by atomic mass is 32.2. The molecule has 1 aromatic carbocycles. The van der Waals surface area contributed by atoms with Crippen LogP contribution < -0.4 is 15.4 Å². The van der Waals surface area contributed by atoms with Crippen LogP contribution in [0.3, 0.4) is 0 Å². The number of carbonyl (C=O) groups is 1. The Morgan fingerprint density at radius 3 is 2.77 bits per heavy atom. The van der Waals surface area contributed by atoms with Gasteiger partial charge in [-0.25, -0.2) is 13.1 Å². The molecule has 1 amide bonds. The first-order valence-corrected chi connectivity index (χ1v) is 11.9. The van der Waals surface area contributed by atoms with E-state index in [1.807, 2.05) is 6.92 Å². The molecule has 164 valence electrons. The maximum atomic E-state index is 12.2. The fourth-order valence-electron chi connectivity index (χ4n) is 3.36. The van der Waals surface area contributed by atoms with Crippen LogP contribution in [0.4, 0.5) is 0 Å². The largest absolute Gasteiger partial charge is 0.351 e. The lowest BCUT2D eigenvalue weighted by Gasteiger charge is -2.23. The van der Waals surface area contributed by atoms with Gasteiger partial charge in [0, 0.05) is 25.7 Å². The van der Waals surface area contributed by atoms with Gasteiger partial charge in [0.15, 0.2) is 5.69 Å². The van der Waals surface area contributed by atoms with Crippen molar-refractivity contribution in [3.63, 3.8) is 0 Å². The Bertz CT molecular complexity index is 920. The summed E-state index contributed by atoms with van der Waals surface area (Å²) in [4.78, 5) is 12.4. The van der Waals surface area contributed by atoms with Crippen molar-refractivity contribution in [2.24, 2.45) is 0 Å². The second-order valence-electron chi connectivity index (χ2n) is 7.62. The number of aromatic nitrogens is 3. The highest BCUT2D eigenvalue weighted by molar-refractivity contribution is 7.89. The number of amides is 1. The van der Waals surface area contributed by atoms with Gasteiger partial charge in [-0.3, -0.25) is 9.48 Å². The number of nitrogens with one attached hydrogen (secondary N) is 3. The first-order valence-electron chi connectivity index (χ1n) is 10.4. The van der Waals surface area contributed by atoms with Gasteiger partial charge >= 0.3 is 0 Å². The van der Waals surface area contributed by atoms with Crippen LogP contribution in [0, 0.1) is 6.92 Å². The van der Waals surface area contributed by atoms with E-state index in [4.69, 9.17) is 0 Å². The molecule has 0 spiro atoms. The van der Waals surface area contributed by atoms with Crippen molar-refractivity contribution in [2.75, 3.05) is 19.6 Å². The van der Waals surface area contributed by atoms with Crippen LogP contribution in [0.5, 0.6) is 0 Å². The number of aryl methyl sites for hydroxylation is 2. The average Bonchev–Trinajstić information content (AvgIpc) is 3.22. The van der Waals surface area contributed by atoms with E-state index in [1.54, 1.807) is 35.1 Å². The minimum atomic E-state index is -3.54. The number of piperidine rings is 1. The van der Waals surface area contributed by atoms with Gasteiger partial charge in [0.25, 0.3) is 5.91 Å². The molecule has 1 saturated heterocycles. The van der Waals surface area contributed by atoms with E-state index >= 15 is 0 Å². The molecule has 9 nitrogen and oxygen atoms in total. The molecule has 1 aliphatic rings. The van der Waals surface area contributed by atoms with Crippen LogP contribution >= 0.6 is 0 Å². The standard InChI is InChI=1S/C20H30N6O3S/c1-16-6-8-18(9-7-16)30(28,29)23-13-4-12-22-20(27)19-15-26(25-24-19)14-10-17-5-2-3-11-21-17/h6-9,15,17,21,23H,2-5,10-14H2,1H3,(H,22,27). The molecule has 2 heterocycles. The van der Waals surface area contributed by atoms with E-state index in [1.165, 1.54) is 19.3 Å². The molecule has 3 N–H and O–H groups in total. The Hall–Kier alpha value is -2.30. The molecule has 1 atom stereocenters. The summed E-state index contributed by atoms with van der Waals surface area (Å²) in [5, 5.41) is 14.2. The summed E-state index contributed by atoms with van der Waals surface area (Å²) in [5.74, 6) is -0.307. The molecule has 10 heteroatoms. The number of hydrogen-bond donors (Lipinski definition) is 3. The second-order valence-corrected chi connectivity index (χ2v) is 9.39. The number of hydrogen-bond acceptors (Lipinski definition) is 6. The minimum Gasteiger partial charge on any atom is -0.351 e. The summed E-state index contributed by atoms with van der Waals surface area (Å²) >= 11 is 0. The molecule has 1 aliphatic heterocycles. The number of carbonyl (C=O) groups excluding carboxylic acids is 1. The number of rotatable bonds is 10. The van der Waals surface area contributed by atoms with Crippen LogP contribution in [-0.4, -0.2) is 55.0 Å².